The van der Waals surface area contributed by atoms with E-state index in [0.29, 0.717) is 54.1 Å². The molecule has 3 aromatic rings. The van der Waals surface area contributed by atoms with Crippen molar-refractivity contribution in [2.75, 3.05) is 13.2 Å². The van der Waals surface area contributed by atoms with Crippen molar-refractivity contribution in [3.63, 3.8) is 0 Å². The number of hydrogen-bond acceptors (Lipinski definition) is 10. The van der Waals surface area contributed by atoms with Gasteiger partial charge in [0.2, 0.25) is 5.82 Å². The van der Waals surface area contributed by atoms with Crippen LogP contribution in [0.25, 0.3) is 11.4 Å². The van der Waals surface area contributed by atoms with Gasteiger partial charge in [0, 0.05) is 13.5 Å². The molecule has 0 bridgehead atoms. The third-order valence-corrected chi connectivity index (χ3v) is 8.10. The van der Waals surface area contributed by atoms with E-state index < -0.39 is 11.8 Å². The predicted octanol–water partition coefficient (Wildman–Crippen LogP) is 3.13. The summed E-state index contributed by atoms with van der Waals surface area (Å²) >= 11 is 0. The summed E-state index contributed by atoms with van der Waals surface area (Å²) in [7, 11) is 1.74. The van der Waals surface area contributed by atoms with Gasteiger partial charge < -0.3 is 24.1 Å². The van der Waals surface area contributed by atoms with Gasteiger partial charge in [0.05, 0.1) is 42.8 Å². The molecule has 1 aliphatic heterocycles. The maximum atomic E-state index is 14.2. The Labute approximate surface area is 229 Å². The number of hydrogen-bond donors (Lipinski definition) is 1. The predicted molar refractivity (Wildman–Crippen MR) is 136 cm³/mol. The largest absolute Gasteiger partial charge is 0.489 e. The van der Waals surface area contributed by atoms with Gasteiger partial charge in [-0.3, -0.25) is 4.79 Å². The fraction of sp³-hybridized carbons (Fsp3) is 0.556. The van der Waals surface area contributed by atoms with E-state index in [1.54, 1.807) is 11.7 Å². The molecule has 5 atom stereocenters. The average Bonchev–Trinajstić information content (AvgIpc) is 3.71. The monoisotopic (exact) mass is 554 g/mol. The van der Waals surface area contributed by atoms with Crippen LogP contribution in [0.4, 0.5) is 4.39 Å². The Morgan fingerprint density at radius 2 is 2.05 bits per heavy atom. The van der Waals surface area contributed by atoms with Crippen LogP contribution in [0.1, 0.15) is 43.5 Å². The number of aliphatic carboxylic acids is 1. The molecule has 212 valence electrons. The lowest BCUT2D eigenvalue weighted by Gasteiger charge is -2.18. The number of carboxylic acids is 1. The van der Waals surface area contributed by atoms with Gasteiger partial charge in [-0.1, -0.05) is 5.21 Å². The number of halogens is 1. The van der Waals surface area contributed by atoms with Crippen LogP contribution in [0, 0.1) is 30.5 Å². The Morgan fingerprint density at radius 3 is 2.83 bits per heavy atom. The Bertz CT molecular complexity index is 1400. The SMILES string of the molecule is Cc1nc(-c2nnn(C)c2COc2ncc(F)c(O[C@H]3CCOC3)n2)ccc1O[C@H]1C[C@@H]2CC[C@H](C(=O)O)[C@@H]2C1. The minimum absolute atomic E-state index is 0.0187. The Morgan fingerprint density at radius 1 is 1.18 bits per heavy atom. The summed E-state index contributed by atoms with van der Waals surface area (Å²) in [5.41, 5.74) is 2.44. The van der Waals surface area contributed by atoms with E-state index in [1.807, 2.05) is 19.1 Å². The van der Waals surface area contributed by atoms with Gasteiger partial charge in [0.25, 0.3) is 5.88 Å². The number of nitrogens with zero attached hydrogens (tertiary/aromatic N) is 6. The van der Waals surface area contributed by atoms with Gasteiger partial charge >= 0.3 is 12.0 Å². The van der Waals surface area contributed by atoms with Crippen molar-refractivity contribution in [2.24, 2.45) is 24.8 Å². The highest BCUT2D eigenvalue weighted by atomic mass is 19.1. The standard InChI is InChI=1S/C27H31FN6O6/c1-14-23(39-17-9-15-3-4-18(26(35)36)19(15)10-17)6-5-21(30-14)24-22(34(2)33-32-24)13-38-27-29-11-20(28)25(31-27)40-16-7-8-37-12-16/h5-6,11,15-19H,3-4,7-10,12-13H2,1-2H3,(H,35,36)/t15-,16-,17-,18-,19+/m0/s1. The molecule has 2 aliphatic carbocycles. The molecule has 40 heavy (non-hydrogen) atoms. The van der Waals surface area contributed by atoms with Crippen LogP contribution in [0.5, 0.6) is 17.6 Å². The number of pyridine rings is 1. The minimum Gasteiger partial charge on any atom is -0.489 e. The lowest BCUT2D eigenvalue weighted by atomic mass is 9.92. The Kier molecular flexibility index (Phi) is 7.22. The zero-order valence-electron chi connectivity index (χ0n) is 22.3. The van der Waals surface area contributed by atoms with Crippen molar-refractivity contribution in [1.82, 2.24) is 29.9 Å². The summed E-state index contributed by atoms with van der Waals surface area (Å²) in [5, 5.41) is 17.9. The first-order valence-corrected chi connectivity index (χ1v) is 13.5. The highest BCUT2D eigenvalue weighted by Gasteiger charge is 2.47. The lowest BCUT2D eigenvalue weighted by Crippen LogP contribution is -2.21. The summed E-state index contributed by atoms with van der Waals surface area (Å²) < 4.78 is 38.7. The molecule has 13 heteroatoms. The number of carbonyl (C=O) groups is 1. The van der Waals surface area contributed by atoms with Gasteiger partial charge in [0.1, 0.15) is 29.8 Å². The Balaban J connectivity index is 1.12. The summed E-state index contributed by atoms with van der Waals surface area (Å²) in [6.07, 6.45) is 4.72. The first kappa shape index (κ1) is 26.4. The molecule has 3 aromatic heterocycles. The smallest absolute Gasteiger partial charge is 0.320 e. The van der Waals surface area contributed by atoms with Gasteiger partial charge in [-0.25, -0.2) is 14.6 Å². The lowest BCUT2D eigenvalue weighted by molar-refractivity contribution is -0.143. The molecule has 12 nitrogen and oxygen atoms in total. The molecule has 0 spiro atoms. The fourth-order valence-corrected chi connectivity index (χ4v) is 6.05. The zero-order chi connectivity index (χ0) is 27.8. The second-order valence-corrected chi connectivity index (χ2v) is 10.6. The van der Waals surface area contributed by atoms with Crippen LogP contribution in [0.15, 0.2) is 18.3 Å². The van der Waals surface area contributed by atoms with E-state index in [4.69, 9.17) is 23.9 Å². The molecule has 0 radical (unpaired) electrons. The summed E-state index contributed by atoms with van der Waals surface area (Å²) in [6, 6.07) is 3.64. The van der Waals surface area contributed by atoms with Crippen LogP contribution in [-0.2, 0) is 23.2 Å². The van der Waals surface area contributed by atoms with Crippen LogP contribution < -0.4 is 14.2 Å². The quantitative estimate of drug-likeness (QED) is 0.417. The van der Waals surface area contributed by atoms with Crippen molar-refractivity contribution in [3.8, 4) is 29.0 Å². The van der Waals surface area contributed by atoms with Crippen molar-refractivity contribution < 1.29 is 33.2 Å². The Hall–Kier alpha value is -3.87. The number of aryl methyl sites for hydroxylation is 2. The number of rotatable bonds is 9. The third-order valence-electron chi connectivity index (χ3n) is 8.10. The molecule has 3 fully saturated rings. The summed E-state index contributed by atoms with van der Waals surface area (Å²) in [6.45, 7) is 2.83. The van der Waals surface area contributed by atoms with Crippen LogP contribution in [-0.4, -0.2) is 66.4 Å². The molecule has 3 aliphatic rings. The van der Waals surface area contributed by atoms with E-state index in [9.17, 15) is 14.3 Å². The molecule has 0 unspecified atom stereocenters. The number of ether oxygens (including phenoxy) is 4. The minimum atomic E-state index is -0.696. The number of carboxylic acid groups (broad SMARTS) is 1. The van der Waals surface area contributed by atoms with E-state index in [2.05, 4.69) is 20.3 Å². The van der Waals surface area contributed by atoms with Gasteiger partial charge in [-0.15, -0.1) is 5.10 Å². The van der Waals surface area contributed by atoms with E-state index in [1.165, 1.54) is 0 Å². The van der Waals surface area contributed by atoms with Crippen LogP contribution in [0.2, 0.25) is 0 Å². The van der Waals surface area contributed by atoms with Gasteiger partial charge in [-0.2, -0.15) is 9.37 Å². The molecule has 1 N–H and O–H groups in total. The first-order chi connectivity index (χ1) is 19.4. The highest BCUT2D eigenvalue weighted by Crippen LogP contribution is 2.48. The fourth-order valence-electron chi connectivity index (χ4n) is 6.05. The summed E-state index contributed by atoms with van der Waals surface area (Å²) in [5.74, 6) is -0.557. The van der Waals surface area contributed by atoms with Gasteiger partial charge in [0.15, 0.2) is 0 Å². The van der Waals surface area contributed by atoms with Crippen molar-refractivity contribution in [3.05, 3.63) is 35.5 Å². The third kappa shape index (κ3) is 5.29. The summed E-state index contributed by atoms with van der Waals surface area (Å²) in [4.78, 5) is 24.3. The molecule has 2 saturated carbocycles. The molecular formula is C27H31FN6O6. The highest BCUT2D eigenvalue weighted by molar-refractivity contribution is 5.71. The van der Waals surface area contributed by atoms with Crippen LogP contribution >= 0.6 is 0 Å². The van der Waals surface area contributed by atoms with E-state index >= 15 is 0 Å². The number of aromatic nitrogens is 6. The topological polar surface area (TPSA) is 144 Å². The molecule has 4 heterocycles. The number of fused-ring (bicyclic) bond motifs is 1. The maximum absolute atomic E-state index is 14.2. The molecule has 0 aromatic carbocycles. The van der Waals surface area contributed by atoms with Crippen LogP contribution in [0.3, 0.4) is 0 Å². The second kappa shape index (κ2) is 11.0. The maximum Gasteiger partial charge on any atom is 0.320 e. The normalized spacial score (nSPS) is 25.6. The molecule has 0 amide bonds. The average molecular weight is 555 g/mol. The van der Waals surface area contributed by atoms with Crippen molar-refractivity contribution in [2.45, 2.75) is 57.8 Å². The van der Waals surface area contributed by atoms with Crippen molar-refractivity contribution >= 4 is 5.97 Å². The van der Waals surface area contributed by atoms with Gasteiger partial charge in [-0.05, 0) is 56.6 Å². The van der Waals surface area contributed by atoms with Crippen molar-refractivity contribution in [1.29, 1.82) is 0 Å². The molecular weight excluding hydrogens is 523 g/mol. The zero-order valence-corrected chi connectivity index (χ0v) is 22.3. The van der Waals surface area contributed by atoms with E-state index in [0.717, 1.165) is 31.9 Å². The van der Waals surface area contributed by atoms with E-state index in [-0.39, 0.29) is 42.5 Å². The molecule has 6 rings (SSSR count). The molecule has 1 saturated heterocycles. The second-order valence-electron chi connectivity index (χ2n) is 10.6. The first-order valence-electron chi connectivity index (χ1n) is 13.5.